The van der Waals surface area contributed by atoms with E-state index >= 15 is 0 Å². The lowest BCUT2D eigenvalue weighted by Gasteiger charge is -2.70. The Kier molecular flexibility index (Phi) is 8.55. The van der Waals surface area contributed by atoms with E-state index in [1.54, 1.807) is 45.6 Å². The Morgan fingerprint density at radius 3 is 2.27 bits per heavy atom. The Balaban J connectivity index is 1.51. The van der Waals surface area contributed by atoms with Crippen molar-refractivity contribution in [1.29, 1.82) is 0 Å². The van der Waals surface area contributed by atoms with Crippen molar-refractivity contribution in [2.75, 3.05) is 54.7 Å². The second-order valence-corrected chi connectivity index (χ2v) is 14.8. The molecule has 7 bridgehead atoms. The summed E-state index contributed by atoms with van der Waals surface area (Å²) in [6.07, 6.45) is -4.37. The monoisotopic (exact) mass is 673 g/mol. The molecule has 12 heteroatoms. The molecule has 1 aromatic carbocycles. The molecule has 0 aromatic heterocycles. The van der Waals surface area contributed by atoms with Crippen LogP contribution < -0.4 is 0 Å². The SMILES string of the molecule is CCO[C@@]12C3[C@@H](OC)[C@H]4[C@@]5(COC)CN(CC)[C@@H]3[C@@]4([C@H](OC)C[C@@H]5OC(C)=O)[C@H]3C[C@@](O)([C@H](OC)[C@H]1O)[C@@H](OC(=O)c1ccccc1)[C@H]32. The van der Waals surface area contributed by atoms with Crippen LogP contribution in [0.1, 0.15) is 44.0 Å². The van der Waals surface area contributed by atoms with Crippen molar-refractivity contribution >= 4 is 11.9 Å². The van der Waals surface area contributed by atoms with Gasteiger partial charge in [-0.3, -0.25) is 9.69 Å². The van der Waals surface area contributed by atoms with Crippen molar-refractivity contribution < 1.29 is 53.0 Å². The van der Waals surface area contributed by atoms with E-state index in [-0.39, 0.29) is 36.9 Å². The maximum atomic E-state index is 13.8. The van der Waals surface area contributed by atoms with E-state index in [1.165, 1.54) is 14.0 Å². The molecule has 2 N–H and O–H groups in total. The minimum absolute atomic E-state index is 0.170. The summed E-state index contributed by atoms with van der Waals surface area (Å²) in [7, 11) is 6.51. The van der Waals surface area contributed by atoms with Crippen molar-refractivity contribution in [2.45, 2.75) is 87.5 Å². The third-order valence-electron chi connectivity index (χ3n) is 13.5. The standard InChI is InChI=1S/C36H51NO11/c1-8-37-17-33(18-42-4)22(47-19(3)38)15-23(43-5)35-21-16-34(41)30(48-32(40)20-13-11-10-12-14-20)24(21)36(46-9-2,29(39)31(34)45-7)25(28(35)37)26(44-6)27(33)35/h10-14,21-31,39,41H,8-9,15-18H2,1-7H3/t21-,22-,23+,24-,25?,26+,27-,28-,29+,30-,31+,33+,34-,35+,36-/m0/s1. The molecule has 1 unspecified atom stereocenters. The van der Waals surface area contributed by atoms with E-state index in [9.17, 15) is 19.8 Å². The molecular weight excluding hydrogens is 622 g/mol. The average molecular weight is 674 g/mol. The number of hydrogen-bond acceptors (Lipinski definition) is 12. The Hall–Kier alpha value is -2.16. The minimum Gasteiger partial charge on any atom is -0.462 e. The predicted octanol–water partition coefficient (Wildman–Crippen LogP) is 1.69. The van der Waals surface area contributed by atoms with Gasteiger partial charge in [0.15, 0.2) is 0 Å². The van der Waals surface area contributed by atoms with Gasteiger partial charge in [0.25, 0.3) is 0 Å². The van der Waals surface area contributed by atoms with Gasteiger partial charge in [-0.1, -0.05) is 25.1 Å². The van der Waals surface area contributed by atoms with Gasteiger partial charge >= 0.3 is 11.9 Å². The van der Waals surface area contributed by atoms with Crippen LogP contribution in [0.2, 0.25) is 0 Å². The van der Waals surface area contributed by atoms with Crippen LogP contribution in [-0.2, 0) is 38.0 Å². The normalized spacial score (nSPS) is 48.3. The quantitative estimate of drug-likeness (QED) is 0.330. The van der Waals surface area contributed by atoms with Crippen LogP contribution in [0.25, 0.3) is 0 Å². The fraction of sp³-hybridized carbons (Fsp3) is 0.778. The van der Waals surface area contributed by atoms with Gasteiger partial charge in [-0.25, -0.2) is 4.79 Å². The molecular formula is C36H51NO11. The predicted molar refractivity (Wildman–Crippen MR) is 170 cm³/mol. The highest BCUT2D eigenvalue weighted by atomic mass is 16.6. The summed E-state index contributed by atoms with van der Waals surface area (Å²) in [5, 5.41) is 25.5. The molecule has 1 spiro atoms. The number of piperidine rings is 1. The maximum Gasteiger partial charge on any atom is 0.338 e. The molecule has 7 rings (SSSR count). The lowest BCUT2D eigenvalue weighted by molar-refractivity contribution is -0.330. The molecule has 0 amide bonds. The van der Waals surface area contributed by atoms with Crippen molar-refractivity contribution in [3.05, 3.63) is 35.9 Å². The fourth-order valence-corrected chi connectivity index (χ4v) is 12.7. The molecule has 48 heavy (non-hydrogen) atoms. The summed E-state index contributed by atoms with van der Waals surface area (Å²) in [6, 6.07) is 8.51. The largest absolute Gasteiger partial charge is 0.462 e. The van der Waals surface area contributed by atoms with Crippen LogP contribution in [0.4, 0.5) is 0 Å². The molecule has 1 heterocycles. The zero-order valence-corrected chi connectivity index (χ0v) is 29.0. The zero-order valence-electron chi connectivity index (χ0n) is 29.0. The Morgan fingerprint density at radius 2 is 1.69 bits per heavy atom. The molecule has 0 radical (unpaired) electrons. The highest BCUT2D eigenvalue weighted by Gasteiger charge is 2.91. The number of benzene rings is 1. The van der Waals surface area contributed by atoms with Gasteiger partial charge in [0.05, 0.1) is 24.4 Å². The first-order valence-corrected chi connectivity index (χ1v) is 17.3. The van der Waals surface area contributed by atoms with Crippen molar-refractivity contribution in [1.82, 2.24) is 4.90 Å². The zero-order chi connectivity index (χ0) is 34.4. The molecule has 1 saturated heterocycles. The van der Waals surface area contributed by atoms with Crippen LogP contribution >= 0.6 is 0 Å². The maximum absolute atomic E-state index is 13.8. The van der Waals surface area contributed by atoms with Crippen LogP contribution in [0.3, 0.4) is 0 Å². The number of esters is 2. The van der Waals surface area contributed by atoms with Crippen molar-refractivity contribution in [3.63, 3.8) is 0 Å². The van der Waals surface area contributed by atoms with Gasteiger partial charge in [0, 0.05) is 89.6 Å². The summed E-state index contributed by atoms with van der Waals surface area (Å²) in [5.74, 6) is -2.72. The minimum atomic E-state index is -1.74. The van der Waals surface area contributed by atoms with Crippen LogP contribution in [0.15, 0.2) is 30.3 Å². The van der Waals surface area contributed by atoms with Crippen molar-refractivity contribution in [2.24, 2.45) is 34.5 Å². The third-order valence-corrected chi connectivity index (χ3v) is 13.5. The number of aliphatic hydroxyl groups excluding tert-OH is 1. The molecule has 266 valence electrons. The molecule has 6 fully saturated rings. The Bertz CT molecular complexity index is 1400. The van der Waals surface area contributed by atoms with Gasteiger partial charge in [0.1, 0.15) is 35.6 Å². The number of rotatable bonds is 11. The Labute approximate surface area is 282 Å². The molecule has 12 nitrogen and oxygen atoms in total. The number of fused-ring (bicyclic) bond motifs is 2. The molecule has 15 atom stereocenters. The highest BCUT2D eigenvalue weighted by Crippen LogP contribution is 2.80. The van der Waals surface area contributed by atoms with Gasteiger partial charge in [0.2, 0.25) is 0 Å². The van der Waals surface area contributed by atoms with E-state index in [0.717, 1.165) is 0 Å². The first-order chi connectivity index (χ1) is 23.0. The number of carbonyl (C=O) groups excluding carboxylic acids is 2. The number of carbonyl (C=O) groups is 2. The molecule has 6 aliphatic rings. The second kappa shape index (κ2) is 12.0. The van der Waals surface area contributed by atoms with Gasteiger partial charge in [-0.05, 0) is 37.9 Å². The lowest BCUT2D eigenvalue weighted by Crippen LogP contribution is -2.81. The van der Waals surface area contributed by atoms with E-state index in [1.807, 2.05) is 13.0 Å². The number of hydrogen-bond donors (Lipinski definition) is 2. The van der Waals surface area contributed by atoms with Crippen LogP contribution in [0, 0.1) is 34.5 Å². The number of aliphatic hydroxyl groups is 2. The van der Waals surface area contributed by atoms with E-state index in [0.29, 0.717) is 31.7 Å². The number of likely N-dealkylation sites (tertiary alicyclic amines) is 1. The lowest BCUT2D eigenvalue weighted by atomic mass is 9.42. The molecule has 5 saturated carbocycles. The summed E-state index contributed by atoms with van der Waals surface area (Å²) >= 11 is 0. The van der Waals surface area contributed by atoms with Crippen molar-refractivity contribution in [3.8, 4) is 0 Å². The topological polar surface area (TPSA) is 142 Å². The summed E-state index contributed by atoms with van der Waals surface area (Å²) in [5.41, 5.74) is -4.14. The van der Waals surface area contributed by atoms with E-state index in [4.69, 9.17) is 33.2 Å². The number of methoxy groups -OCH3 is 4. The highest BCUT2D eigenvalue weighted by molar-refractivity contribution is 5.89. The molecule has 1 aliphatic heterocycles. The fourth-order valence-electron chi connectivity index (χ4n) is 12.7. The van der Waals surface area contributed by atoms with Gasteiger partial charge < -0.3 is 43.4 Å². The molecule has 5 aliphatic carbocycles. The summed E-state index contributed by atoms with van der Waals surface area (Å²) in [6.45, 7) is 7.20. The molecule has 1 aromatic rings. The summed E-state index contributed by atoms with van der Waals surface area (Å²) in [4.78, 5) is 28.9. The van der Waals surface area contributed by atoms with Crippen LogP contribution in [-0.4, -0.2) is 136 Å². The average Bonchev–Trinajstić information content (AvgIpc) is 3.44. The smallest absolute Gasteiger partial charge is 0.338 e. The van der Waals surface area contributed by atoms with E-state index in [2.05, 4.69) is 11.8 Å². The summed E-state index contributed by atoms with van der Waals surface area (Å²) < 4.78 is 44.7. The second-order valence-electron chi connectivity index (χ2n) is 14.8. The van der Waals surface area contributed by atoms with Crippen LogP contribution in [0.5, 0.6) is 0 Å². The van der Waals surface area contributed by atoms with Gasteiger partial charge in [-0.2, -0.15) is 0 Å². The Morgan fingerprint density at radius 1 is 0.958 bits per heavy atom. The van der Waals surface area contributed by atoms with E-state index < -0.39 is 76.5 Å². The number of nitrogens with zero attached hydrogens (tertiary/aromatic N) is 1. The third kappa shape index (κ3) is 4.00. The first-order valence-electron chi connectivity index (χ1n) is 17.3. The first kappa shape index (κ1) is 34.3. The number of ether oxygens (including phenoxy) is 7. The van der Waals surface area contributed by atoms with Gasteiger partial charge in [-0.15, -0.1) is 0 Å².